The number of rotatable bonds is 1. The summed E-state index contributed by atoms with van der Waals surface area (Å²) in [5.41, 5.74) is -1.09. The van der Waals surface area contributed by atoms with Gasteiger partial charge in [0.15, 0.2) is 5.17 Å². The van der Waals surface area contributed by atoms with Crippen LogP contribution in [0.4, 0.5) is 23.2 Å². The highest BCUT2D eigenvalue weighted by atomic mass is 32.2. The summed E-state index contributed by atoms with van der Waals surface area (Å²) in [6.07, 6.45) is -0.345. The molecule has 1 aliphatic carbocycles. The highest BCUT2D eigenvalue weighted by Crippen LogP contribution is 2.41. The highest BCUT2D eigenvalue weighted by Gasteiger charge is 2.38. The summed E-state index contributed by atoms with van der Waals surface area (Å²) < 4.78 is 51.3. The van der Waals surface area contributed by atoms with Gasteiger partial charge in [-0.25, -0.2) is 4.39 Å². The van der Waals surface area contributed by atoms with Gasteiger partial charge in [-0.15, -0.1) is 0 Å². The third-order valence-corrected chi connectivity index (χ3v) is 5.02. The second-order valence-corrected chi connectivity index (χ2v) is 6.42. The number of anilines is 1. The first-order valence-corrected chi connectivity index (χ1v) is 7.73. The van der Waals surface area contributed by atoms with Crippen LogP contribution < -0.4 is 5.32 Å². The number of aliphatic imine (C=N–C) groups is 1. The third-order valence-electron chi connectivity index (χ3n) is 3.87. The molecule has 1 aromatic rings. The summed E-state index contributed by atoms with van der Waals surface area (Å²) in [4.78, 5) is 4.62. The molecule has 0 amide bonds. The lowest BCUT2D eigenvalue weighted by Crippen LogP contribution is -2.21. The van der Waals surface area contributed by atoms with Crippen molar-refractivity contribution < 1.29 is 17.6 Å². The lowest BCUT2D eigenvalue weighted by molar-refractivity contribution is -0.139. The number of thioether (sulfide) groups is 1. The van der Waals surface area contributed by atoms with Gasteiger partial charge in [0.05, 0.1) is 11.1 Å². The molecular formula is C14H14F4N2S. The molecule has 114 valence electrons. The predicted octanol–water partition coefficient (Wildman–Crippen LogP) is 4.67. The monoisotopic (exact) mass is 318 g/mol. The van der Waals surface area contributed by atoms with E-state index in [0.29, 0.717) is 5.17 Å². The van der Waals surface area contributed by atoms with Crippen LogP contribution in [-0.4, -0.2) is 16.5 Å². The molecule has 2 aliphatic rings. The largest absolute Gasteiger partial charge is 0.419 e. The number of hydrogen-bond acceptors (Lipinski definition) is 3. The van der Waals surface area contributed by atoms with Gasteiger partial charge in [-0.2, -0.15) is 13.2 Å². The van der Waals surface area contributed by atoms with E-state index in [-0.39, 0.29) is 11.2 Å². The van der Waals surface area contributed by atoms with Crippen LogP contribution >= 0.6 is 11.8 Å². The van der Waals surface area contributed by atoms with Gasteiger partial charge in [0.1, 0.15) is 5.82 Å². The minimum absolute atomic E-state index is 0.0418. The van der Waals surface area contributed by atoms with Crippen molar-refractivity contribution in [1.29, 1.82) is 0 Å². The number of amidine groups is 1. The maximum atomic E-state index is 13.2. The van der Waals surface area contributed by atoms with E-state index in [4.69, 9.17) is 0 Å². The van der Waals surface area contributed by atoms with Gasteiger partial charge in [0.2, 0.25) is 0 Å². The van der Waals surface area contributed by atoms with Crippen molar-refractivity contribution in [1.82, 2.24) is 0 Å². The van der Waals surface area contributed by atoms with Gasteiger partial charge < -0.3 is 5.32 Å². The van der Waals surface area contributed by atoms with E-state index in [1.54, 1.807) is 0 Å². The molecule has 0 aromatic heterocycles. The summed E-state index contributed by atoms with van der Waals surface area (Å²) >= 11 is 1.51. The fourth-order valence-electron chi connectivity index (χ4n) is 2.78. The summed E-state index contributed by atoms with van der Waals surface area (Å²) in [6, 6.07) is 2.92. The molecule has 1 aromatic carbocycles. The Bertz CT molecular complexity index is 577. The molecule has 1 fully saturated rings. The van der Waals surface area contributed by atoms with E-state index in [1.165, 1.54) is 17.8 Å². The summed E-state index contributed by atoms with van der Waals surface area (Å²) in [6.45, 7) is 0. The van der Waals surface area contributed by atoms with Crippen LogP contribution in [0.2, 0.25) is 0 Å². The van der Waals surface area contributed by atoms with E-state index in [9.17, 15) is 17.6 Å². The molecule has 0 bridgehead atoms. The van der Waals surface area contributed by atoms with Gasteiger partial charge in [-0.1, -0.05) is 24.6 Å². The molecule has 3 rings (SSSR count). The molecule has 1 saturated carbocycles. The highest BCUT2D eigenvalue weighted by molar-refractivity contribution is 8.14. The lowest BCUT2D eigenvalue weighted by Gasteiger charge is -2.16. The Morgan fingerprint density at radius 3 is 2.57 bits per heavy atom. The first-order valence-electron chi connectivity index (χ1n) is 6.74. The topological polar surface area (TPSA) is 24.4 Å². The zero-order valence-electron chi connectivity index (χ0n) is 11.1. The lowest BCUT2D eigenvalue weighted by atomic mass is 10.0. The van der Waals surface area contributed by atoms with E-state index in [2.05, 4.69) is 10.3 Å². The molecule has 0 unspecified atom stereocenters. The van der Waals surface area contributed by atoms with E-state index < -0.39 is 17.6 Å². The van der Waals surface area contributed by atoms with Crippen molar-refractivity contribution in [3.8, 4) is 0 Å². The van der Waals surface area contributed by atoms with Gasteiger partial charge in [0.25, 0.3) is 0 Å². The van der Waals surface area contributed by atoms with Crippen LogP contribution in [0.5, 0.6) is 0 Å². The van der Waals surface area contributed by atoms with Crippen LogP contribution in [0.15, 0.2) is 23.2 Å². The second kappa shape index (κ2) is 5.19. The Labute approximate surface area is 124 Å². The zero-order valence-corrected chi connectivity index (χ0v) is 12.0. The quantitative estimate of drug-likeness (QED) is 0.761. The molecule has 1 aliphatic heterocycles. The average Bonchev–Trinajstić information content (AvgIpc) is 3.02. The molecule has 0 radical (unpaired) electrons. The van der Waals surface area contributed by atoms with E-state index in [1.807, 2.05) is 0 Å². The molecule has 2 nitrogen and oxygen atoms in total. The summed E-state index contributed by atoms with van der Waals surface area (Å²) in [7, 11) is 0. The summed E-state index contributed by atoms with van der Waals surface area (Å²) in [5.74, 6) is -0.399. The van der Waals surface area contributed by atoms with Crippen LogP contribution in [0.1, 0.15) is 31.2 Å². The SMILES string of the molecule is Fc1ccc(NC2=NC3(CCCC3)CS2)cc1C(F)(F)F. The van der Waals surface area contributed by atoms with E-state index >= 15 is 0 Å². The molecule has 1 N–H and O–H groups in total. The number of nitrogens with zero attached hydrogens (tertiary/aromatic N) is 1. The fraction of sp³-hybridized carbons (Fsp3) is 0.500. The molecule has 21 heavy (non-hydrogen) atoms. The second-order valence-electron chi connectivity index (χ2n) is 5.45. The molecule has 1 spiro atoms. The zero-order chi connectivity index (χ0) is 15.1. The Morgan fingerprint density at radius 1 is 1.19 bits per heavy atom. The van der Waals surface area contributed by atoms with Crippen LogP contribution in [0, 0.1) is 5.82 Å². The first-order chi connectivity index (χ1) is 9.88. The number of benzene rings is 1. The molecular weight excluding hydrogens is 304 g/mol. The minimum Gasteiger partial charge on any atom is -0.335 e. The van der Waals surface area contributed by atoms with Gasteiger partial charge in [-0.3, -0.25) is 4.99 Å². The molecule has 0 atom stereocenters. The fourth-order valence-corrected chi connectivity index (χ4v) is 3.99. The first kappa shape index (κ1) is 14.7. The smallest absolute Gasteiger partial charge is 0.335 e. The Balaban J connectivity index is 1.80. The van der Waals surface area contributed by atoms with Gasteiger partial charge in [0, 0.05) is 11.4 Å². The minimum atomic E-state index is -4.70. The van der Waals surface area contributed by atoms with Gasteiger partial charge >= 0.3 is 6.18 Å². The van der Waals surface area contributed by atoms with Crippen molar-refractivity contribution in [2.75, 3.05) is 11.1 Å². The van der Waals surface area contributed by atoms with Crippen molar-refractivity contribution in [2.24, 2.45) is 4.99 Å². The number of hydrogen-bond donors (Lipinski definition) is 1. The van der Waals surface area contributed by atoms with Gasteiger partial charge in [-0.05, 0) is 31.0 Å². The average molecular weight is 318 g/mol. The normalized spacial score (nSPS) is 20.9. The molecule has 1 heterocycles. The van der Waals surface area contributed by atoms with Crippen LogP contribution in [-0.2, 0) is 6.18 Å². The molecule has 0 saturated heterocycles. The van der Waals surface area contributed by atoms with Crippen molar-refractivity contribution in [3.63, 3.8) is 0 Å². The number of alkyl halides is 3. The summed E-state index contributed by atoms with van der Waals surface area (Å²) in [5, 5.41) is 3.50. The van der Waals surface area contributed by atoms with Crippen molar-refractivity contribution in [2.45, 2.75) is 37.4 Å². The van der Waals surface area contributed by atoms with Crippen LogP contribution in [0.3, 0.4) is 0 Å². The third kappa shape index (κ3) is 3.02. The van der Waals surface area contributed by atoms with Crippen LogP contribution in [0.25, 0.3) is 0 Å². The number of nitrogens with one attached hydrogen (secondary N) is 1. The maximum Gasteiger partial charge on any atom is 0.419 e. The Morgan fingerprint density at radius 2 is 1.90 bits per heavy atom. The Hall–Kier alpha value is -1.24. The number of halogens is 4. The van der Waals surface area contributed by atoms with Crippen molar-refractivity contribution in [3.05, 3.63) is 29.6 Å². The predicted molar refractivity (Wildman–Crippen MR) is 76.1 cm³/mol. The molecule has 7 heteroatoms. The Kier molecular flexibility index (Phi) is 3.63. The standard InChI is InChI=1S/C14H14F4N2S/c15-11-4-3-9(7-10(11)14(16,17)18)19-12-20-13(8-21-12)5-1-2-6-13/h3-4,7H,1-2,5-6,8H2,(H,19,20). The maximum absolute atomic E-state index is 13.2. The van der Waals surface area contributed by atoms with Crippen molar-refractivity contribution >= 4 is 22.6 Å². The van der Waals surface area contributed by atoms with E-state index in [0.717, 1.165) is 43.6 Å².